The Balaban J connectivity index is 1.52. The Hall–Kier alpha value is -5.12. The lowest BCUT2D eigenvalue weighted by atomic mass is 10.1. The highest BCUT2D eigenvalue weighted by atomic mass is 16.5. The third-order valence-electron chi connectivity index (χ3n) is 5.91. The normalized spacial score (nSPS) is 12.7. The first kappa shape index (κ1) is 24.6. The van der Waals surface area contributed by atoms with Gasteiger partial charge in [0.25, 0.3) is 0 Å². The number of likely N-dealkylation sites (N-methyl/N-ethyl adjacent to an activating group) is 1. The summed E-state index contributed by atoms with van der Waals surface area (Å²) < 4.78 is 17.3. The Morgan fingerprint density at radius 3 is 2.47 bits per heavy atom. The van der Waals surface area contributed by atoms with Crippen molar-refractivity contribution in [3.8, 4) is 46.1 Å². The van der Waals surface area contributed by atoms with Crippen molar-refractivity contribution in [2.45, 2.75) is 0 Å². The van der Waals surface area contributed by atoms with Gasteiger partial charge in [-0.1, -0.05) is 12.1 Å². The molecule has 4 N–H and O–H groups in total. The van der Waals surface area contributed by atoms with E-state index in [9.17, 15) is 5.11 Å². The molecule has 3 aromatic carbocycles. The van der Waals surface area contributed by atoms with E-state index in [0.29, 0.717) is 22.8 Å². The first-order chi connectivity index (χ1) is 18.4. The molecule has 0 unspecified atom stereocenters. The van der Waals surface area contributed by atoms with Crippen molar-refractivity contribution < 1.29 is 19.3 Å². The minimum Gasteiger partial charge on any atom is -0.504 e. The third kappa shape index (κ3) is 5.34. The number of benzene rings is 3. The predicted octanol–water partition coefficient (Wildman–Crippen LogP) is 4.42. The number of aliphatic imine (C=N–C) groups is 1. The van der Waals surface area contributed by atoms with Gasteiger partial charge in [0, 0.05) is 36.3 Å². The number of aromatic nitrogens is 2. The predicted molar refractivity (Wildman–Crippen MR) is 144 cm³/mol. The summed E-state index contributed by atoms with van der Waals surface area (Å²) in [7, 11) is 3.60. The highest BCUT2D eigenvalue weighted by molar-refractivity contribution is 6.00. The molecule has 0 radical (unpaired) electrons. The molecule has 10 heteroatoms. The summed E-state index contributed by atoms with van der Waals surface area (Å²) in [5.41, 5.74) is 8.24. The van der Waals surface area contributed by atoms with Crippen LogP contribution in [0.25, 0.3) is 11.3 Å². The summed E-state index contributed by atoms with van der Waals surface area (Å²) in [6, 6.07) is 21.0. The van der Waals surface area contributed by atoms with Crippen LogP contribution in [0.3, 0.4) is 0 Å². The molecule has 38 heavy (non-hydrogen) atoms. The Labute approximate surface area is 219 Å². The van der Waals surface area contributed by atoms with Gasteiger partial charge in [-0.25, -0.2) is 0 Å². The maximum absolute atomic E-state index is 10.3. The number of amidine groups is 2. The number of ether oxygens (including phenoxy) is 3. The average Bonchev–Trinajstić information content (AvgIpc) is 3.35. The largest absolute Gasteiger partial charge is 0.504 e. The van der Waals surface area contributed by atoms with Crippen LogP contribution in [0.4, 0.5) is 0 Å². The lowest BCUT2D eigenvalue weighted by molar-refractivity contribution is 0.387. The molecule has 0 spiro atoms. The number of nitrogens with one attached hydrogen (secondary N) is 1. The van der Waals surface area contributed by atoms with E-state index in [1.165, 1.54) is 18.2 Å². The highest BCUT2D eigenvalue weighted by Crippen LogP contribution is 2.34. The second-order valence-corrected chi connectivity index (χ2v) is 8.56. The molecule has 4 aromatic rings. The summed E-state index contributed by atoms with van der Waals surface area (Å²) >= 11 is 0. The van der Waals surface area contributed by atoms with Crippen LogP contribution in [-0.2, 0) is 0 Å². The molecule has 1 aliphatic rings. The number of nitrogen functional groups attached to an aromatic ring is 1. The molecule has 1 aliphatic heterocycles. The summed E-state index contributed by atoms with van der Waals surface area (Å²) in [4.78, 5) is 15.7. The number of aromatic hydroxyl groups is 1. The van der Waals surface area contributed by atoms with Gasteiger partial charge in [0.1, 0.15) is 23.2 Å². The van der Waals surface area contributed by atoms with Gasteiger partial charge in [-0.2, -0.15) is 9.97 Å². The zero-order chi connectivity index (χ0) is 26.6. The average molecular weight is 511 g/mol. The molecule has 2 heterocycles. The van der Waals surface area contributed by atoms with Crippen molar-refractivity contribution in [2.24, 2.45) is 10.7 Å². The minimum atomic E-state index is -0.155. The molecule has 0 bridgehead atoms. The van der Waals surface area contributed by atoms with Crippen molar-refractivity contribution in [1.29, 1.82) is 5.41 Å². The lowest BCUT2D eigenvalue weighted by Crippen LogP contribution is -2.23. The molecule has 0 saturated heterocycles. The topological polar surface area (TPSA) is 139 Å². The quantitative estimate of drug-likeness (QED) is 0.234. The molecule has 0 atom stereocenters. The van der Waals surface area contributed by atoms with E-state index < -0.39 is 0 Å². The zero-order valence-electron chi connectivity index (χ0n) is 20.9. The number of phenolic OH excluding ortho intramolecular Hbond substituents is 1. The lowest BCUT2D eigenvalue weighted by Gasteiger charge is -2.15. The van der Waals surface area contributed by atoms with Crippen molar-refractivity contribution in [3.63, 3.8) is 0 Å². The fourth-order valence-electron chi connectivity index (χ4n) is 3.94. The van der Waals surface area contributed by atoms with Gasteiger partial charge >= 0.3 is 6.01 Å². The third-order valence-corrected chi connectivity index (χ3v) is 5.91. The second kappa shape index (κ2) is 10.5. The number of nitrogens with zero attached hydrogens (tertiary/aromatic N) is 4. The van der Waals surface area contributed by atoms with E-state index in [0.717, 1.165) is 30.1 Å². The summed E-state index contributed by atoms with van der Waals surface area (Å²) in [5, 5.41) is 18.0. The molecule has 0 aliphatic carbocycles. The standard InChI is InChI=1S/C28H26N6O4/c1-34-13-12-31-27(34)19-4-3-5-21(14-19)37-28-32-22(17-6-9-20(36-2)10-7-17)16-25(33-28)38-24-15-18(26(29)30)8-11-23(24)35/h3-11,14-16,35H,12-13H2,1-2H3,(H3,29,30). The van der Waals surface area contributed by atoms with Crippen LogP contribution in [0.1, 0.15) is 11.1 Å². The van der Waals surface area contributed by atoms with Gasteiger partial charge in [-0.3, -0.25) is 10.4 Å². The van der Waals surface area contributed by atoms with Crippen LogP contribution >= 0.6 is 0 Å². The van der Waals surface area contributed by atoms with Gasteiger partial charge in [0.05, 0.1) is 19.3 Å². The van der Waals surface area contributed by atoms with Crippen LogP contribution in [0, 0.1) is 5.41 Å². The van der Waals surface area contributed by atoms with Gasteiger partial charge in [-0.05, 0) is 54.6 Å². The van der Waals surface area contributed by atoms with Gasteiger partial charge < -0.3 is 30.0 Å². The SMILES string of the molecule is COc1ccc(-c2cc(Oc3cc(C(=N)N)ccc3O)nc(Oc3cccc(C4=NCCN4C)c3)n2)cc1. The van der Waals surface area contributed by atoms with Crippen LogP contribution in [0.5, 0.6) is 34.9 Å². The Morgan fingerprint density at radius 2 is 1.76 bits per heavy atom. The molecule has 0 amide bonds. The minimum absolute atomic E-state index is 0.0504. The Morgan fingerprint density at radius 1 is 0.947 bits per heavy atom. The number of rotatable bonds is 8. The van der Waals surface area contributed by atoms with Crippen molar-refractivity contribution in [2.75, 3.05) is 27.2 Å². The first-order valence-corrected chi connectivity index (χ1v) is 11.8. The molecule has 0 saturated carbocycles. The monoisotopic (exact) mass is 510 g/mol. The van der Waals surface area contributed by atoms with Crippen molar-refractivity contribution in [3.05, 3.63) is 83.9 Å². The van der Waals surface area contributed by atoms with Crippen LogP contribution < -0.4 is 19.9 Å². The van der Waals surface area contributed by atoms with E-state index in [1.807, 2.05) is 55.6 Å². The van der Waals surface area contributed by atoms with Crippen molar-refractivity contribution in [1.82, 2.24) is 14.9 Å². The van der Waals surface area contributed by atoms with E-state index in [4.69, 9.17) is 25.4 Å². The fraction of sp³-hybridized carbons (Fsp3) is 0.143. The molecule has 5 rings (SSSR count). The molecule has 10 nitrogen and oxygen atoms in total. The van der Waals surface area contributed by atoms with E-state index in [2.05, 4.69) is 19.9 Å². The number of hydrogen-bond donors (Lipinski definition) is 3. The molecular formula is C28H26N6O4. The van der Waals surface area contributed by atoms with Gasteiger partial charge in [-0.15, -0.1) is 0 Å². The van der Waals surface area contributed by atoms with E-state index in [-0.39, 0.29) is 29.2 Å². The number of methoxy groups -OCH3 is 1. The fourth-order valence-corrected chi connectivity index (χ4v) is 3.94. The maximum atomic E-state index is 10.3. The molecular weight excluding hydrogens is 484 g/mol. The molecule has 192 valence electrons. The number of phenols is 1. The summed E-state index contributed by atoms with van der Waals surface area (Å²) in [5.74, 6) is 2.07. The van der Waals surface area contributed by atoms with Crippen molar-refractivity contribution >= 4 is 11.7 Å². The first-order valence-electron chi connectivity index (χ1n) is 11.8. The van der Waals surface area contributed by atoms with E-state index in [1.54, 1.807) is 13.2 Å². The van der Waals surface area contributed by atoms with Gasteiger partial charge in [0.15, 0.2) is 11.5 Å². The Kier molecular flexibility index (Phi) is 6.77. The molecule has 0 fully saturated rings. The zero-order valence-corrected chi connectivity index (χ0v) is 20.9. The van der Waals surface area contributed by atoms with Gasteiger partial charge in [0.2, 0.25) is 5.88 Å². The smallest absolute Gasteiger partial charge is 0.325 e. The molecule has 1 aromatic heterocycles. The summed E-state index contributed by atoms with van der Waals surface area (Å²) in [6.45, 7) is 1.62. The van der Waals surface area contributed by atoms with Crippen LogP contribution in [0.2, 0.25) is 0 Å². The van der Waals surface area contributed by atoms with Crippen LogP contribution in [0.15, 0.2) is 77.8 Å². The number of hydrogen-bond acceptors (Lipinski definition) is 9. The second-order valence-electron chi connectivity index (χ2n) is 8.56. The highest BCUT2D eigenvalue weighted by Gasteiger charge is 2.17. The van der Waals surface area contributed by atoms with E-state index >= 15 is 0 Å². The number of nitrogens with two attached hydrogens (primary N) is 1. The Bertz CT molecular complexity index is 1520. The maximum Gasteiger partial charge on any atom is 0.325 e. The summed E-state index contributed by atoms with van der Waals surface area (Å²) in [6.07, 6.45) is 0. The van der Waals surface area contributed by atoms with Crippen LogP contribution in [-0.4, -0.2) is 58.9 Å².